The highest BCUT2D eigenvalue weighted by Crippen LogP contribution is 2.20. The van der Waals surface area contributed by atoms with Crippen LogP contribution in [0.2, 0.25) is 0 Å². The Morgan fingerprint density at radius 2 is 1.91 bits per heavy atom. The SMILES string of the molecule is O=c1cc(CO)n(CCOCCO)c(CN2CCCC2)c1O. The molecule has 1 aromatic heterocycles. The average Bonchev–Trinajstić information content (AvgIpc) is 3.02. The van der Waals surface area contributed by atoms with E-state index in [2.05, 4.69) is 4.90 Å². The first-order valence-electron chi connectivity index (χ1n) is 7.63. The molecule has 1 saturated heterocycles. The van der Waals surface area contributed by atoms with Gasteiger partial charge in [-0.2, -0.15) is 0 Å². The van der Waals surface area contributed by atoms with Crippen molar-refractivity contribution in [3.05, 3.63) is 27.7 Å². The third-order valence-corrected chi connectivity index (χ3v) is 3.91. The van der Waals surface area contributed by atoms with Crippen LogP contribution in [0.4, 0.5) is 0 Å². The number of nitrogens with zero attached hydrogens (tertiary/aromatic N) is 2. The number of hydrogen-bond donors (Lipinski definition) is 3. The highest BCUT2D eigenvalue weighted by atomic mass is 16.5. The molecular formula is C15H24N2O5. The fourth-order valence-corrected chi connectivity index (χ4v) is 2.79. The molecule has 3 N–H and O–H groups in total. The zero-order valence-electron chi connectivity index (χ0n) is 12.7. The number of ether oxygens (including phenoxy) is 1. The Morgan fingerprint density at radius 3 is 2.55 bits per heavy atom. The van der Waals surface area contributed by atoms with Crippen LogP contribution in [0, 0.1) is 0 Å². The van der Waals surface area contributed by atoms with Gasteiger partial charge in [0.25, 0.3) is 0 Å². The lowest BCUT2D eigenvalue weighted by molar-refractivity contribution is 0.0850. The predicted molar refractivity (Wildman–Crippen MR) is 80.7 cm³/mol. The maximum absolute atomic E-state index is 11.9. The van der Waals surface area contributed by atoms with E-state index in [9.17, 15) is 15.0 Å². The van der Waals surface area contributed by atoms with Gasteiger partial charge in [0.2, 0.25) is 5.43 Å². The summed E-state index contributed by atoms with van der Waals surface area (Å²) in [6.45, 7) is 3.02. The molecule has 124 valence electrons. The smallest absolute Gasteiger partial charge is 0.223 e. The van der Waals surface area contributed by atoms with Gasteiger partial charge < -0.3 is 24.6 Å². The molecular weight excluding hydrogens is 288 g/mol. The van der Waals surface area contributed by atoms with Crippen molar-refractivity contribution < 1.29 is 20.1 Å². The van der Waals surface area contributed by atoms with Crippen LogP contribution in [0.1, 0.15) is 24.2 Å². The van der Waals surface area contributed by atoms with Crippen LogP contribution in [0.15, 0.2) is 10.9 Å². The summed E-state index contributed by atoms with van der Waals surface area (Å²) in [6, 6.07) is 1.26. The topological polar surface area (TPSA) is 95.2 Å². The van der Waals surface area contributed by atoms with E-state index in [0.717, 1.165) is 25.9 Å². The van der Waals surface area contributed by atoms with Crippen LogP contribution in [0.3, 0.4) is 0 Å². The summed E-state index contributed by atoms with van der Waals surface area (Å²) in [5.74, 6) is -0.258. The van der Waals surface area contributed by atoms with Crippen LogP contribution in [0.5, 0.6) is 5.75 Å². The first-order valence-corrected chi connectivity index (χ1v) is 7.63. The number of hydrogen-bond acceptors (Lipinski definition) is 6. The first-order chi connectivity index (χ1) is 10.7. The summed E-state index contributed by atoms with van der Waals surface area (Å²) >= 11 is 0. The molecule has 0 spiro atoms. The van der Waals surface area contributed by atoms with Crippen molar-refractivity contribution in [2.24, 2.45) is 0 Å². The Morgan fingerprint density at radius 1 is 1.18 bits per heavy atom. The largest absolute Gasteiger partial charge is 0.503 e. The molecule has 2 rings (SSSR count). The quantitative estimate of drug-likeness (QED) is 0.568. The molecule has 1 aromatic rings. The molecule has 0 atom stereocenters. The second-order valence-corrected chi connectivity index (χ2v) is 5.42. The van der Waals surface area contributed by atoms with E-state index in [1.807, 2.05) is 0 Å². The summed E-state index contributed by atoms with van der Waals surface area (Å²) in [5.41, 5.74) is 0.515. The number of aromatic nitrogens is 1. The van der Waals surface area contributed by atoms with Crippen molar-refractivity contribution in [3.63, 3.8) is 0 Å². The lowest BCUT2D eigenvalue weighted by Crippen LogP contribution is -2.26. The molecule has 0 radical (unpaired) electrons. The van der Waals surface area contributed by atoms with Gasteiger partial charge in [0, 0.05) is 24.8 Å². The summed E-state index contributed by atoms with van der Waals surface area (Å²) in [5, 5.41) is 28.4. The van der Waals surface area contributed by atoms with E-state index in [4.69, 9.17) is 9.84 Å². The molecule has 0 bridgehead atoms. The van der Waals surface area contributed by atoms with Crippen LogP contribution < -0.4 is 5.43 Å². The number of aromatic hydroxyl groups is 1. The normalized spacial score (nSPS) is 15.5. The summed E-state index contributed by atoms with van der Waals surface area (Å²) in [6.07, 6.45) is 2.23. The zero-order chi connectivity index (χ0) is 15.9. The molecule has 0 saturated carbocycles. The van der Waals surface area contributed by atoms with E-state index in [1.54, 1.807) is 4.57 Å². The van der Waals surface area contributed by atoms with Gasteiger partial charge >= 0.3 is 0 Å². The number of pyridine rings is 1. The van der Waals surface area contributed by atoms with Gasteiger partial charge in [-0.3, -0.25) is 9.69 Å². The Kier molecular flexibility index (Phi) is 6.38. The average molecular weight is 312 g/mol. The molecule has 0 aromatic carbocycles. The fraction of sp³-hybridized carbons (Fsp3) is 0.667. The highest BCUT2D eigenvalue weighted by Gasteiger charge is 2.19. The Hall–Kier alpha value is -1.41. The minimum absolute atomic E-state index is 0.0527. The van der Waals surface area contributed by atoms with Gasteiger partial charge in [-0.15, -0.1) is 0 Å². The molecule has 1 aliphatic heterocycles. The van der Waals surface area contributed by atoms with Gasteiger partial charge in [0.1, 0.15) is 0 Å². The van der Waals surface area contributed by atoms with Gasteiger partial charge in [0.05, 0.1) is 32.1 Å². The number of aliphatic hydroxyl groups is 2. The van der Waals surface area contributed by atoms with E-state index >= 15 is 0 Å². The van der Waals surface area contributed by atoms with Crippen LogP contribution in [-0.2, 0) is 24.4 Å². The lowest BCUT2D eigenvalue weighted by atomic mass is 10.2. The van der Waals surface area contributed by atoms with Gasteiger partial charge in [-0.25, -0.2) is 0 Å². The molecule has 0 amide bonds. The van der Waals surface area contributed by atoms with Crippen LogP contribution in [0.25, 0.3) is 0 Å². The number of rotatable bonds is 8. The predicted octanol–water partition coefficient (Wildman–Crippen LogP) is -0.349. The van der Waals surface area contributed by atoms with E-state index in [1.165, 1.54) is 6.07 Å². The van der Waals surface area contributed by atoms with Gasteiger partial charge in [-0.1, -0.05) is 0 Å². The van der Waals surface area contributed by atoms with E-state index < -0.39 is 5.43 Å². The zero-order valence-corrected chi connectivity index (χ0v) is 12.7. The molecule has 0 unspecified atom stereocenters. The third-order valence-electron chi connectivity index (χ3n) is 3.91. The molecule has 0 aliphatic carbocycles. The maximum atomic E-state index is 11.9. The van der Waals surface area contributed by atoms with Crippen LogP contribution in [-0.4, -0.2) is 57.7 Å². The Balaban J connectivity index is 2.25. The molecule has 1 fully saturated rings. The summed E-state index contributed by atoms with van der Waals surface area (Å²) < 4.78 is 7.00. The van der Waals surface area contributed by atoms with E-state index in [-0.39, 0.29) is 25.6 Å². The Bertz CT molecular complexity index is 537. The third kappa shape index (κ3) is 4.07. The van der Waals surface area contributed by atoms with Crippen molar-refractivity contribution >= 4 is 0 Å². The second-order valence-electron chi connectivity index (χ2n) is 5.42. The summed E-state index contributed by atoms with van der Waals surface area (Å²) in [4.78, 5) is 14.0. The number of aliphatic hydroxyl groups excluding tert-OH is 2. The summed E-state index contributed by atoms with van der Waals surface area (Å²) in [7, 11) is 0. The molecule has 7 heteroatoms. The second kappa shape index (κ2) is 8.28. The molecule has 2 heterocycles. The van der Waals surface area contributed by atoms with Crippen molar-refractivity contribution in [1.29, 1.82) is 0 Å². The number of likely N-dealkylation sites (tertiary alicyclic amines) is 1. The maximum Gasteiger partial charge on any atom is 0.223 e. The van der Waals surface area contributed by atoms with Crippen molar-refractivity contribution in [3.8, 4) is 5.75 Å². The molecule has 7 nitrogen and oxygen atoms in total. The monoisotopic (exact) mass is 312 g/mol. The Labute approximate surface area is 129 Å². The standard InChI is InChI=1S/C15H24N2O5/c18-6-8-22-7-5-17-12(11-19)9-14(20)15(21)13(17)10-16-3-1-2-4-16/h9,18-19,21H,1-8,10-11H2. The van der Waals surface area contributed by atoms with Crippen molar-refractivity contribution in [2.45, 2.75) is 32.5 Å². The van der Waals surface area contributed by atoms with Crippen molar-refractivity contribution in [2.75, 3.05) is 32.9 Å². The molecule has 22 heavy (non-hydrogen) atoms. The van der Waals surface area contributed by atoms with E-state index in [0.29, 0.717) is 31.1 Å². The van der Waals surface area contributed by atoms with Crippen molar-refractivity contribution in [1.82, 2.24) is 9.47 Å². The molecule has 1 aliphatic rings. The highest BCUT2D eigenvalue weighted by molar-refractivity contribution is 5.30. The first kappa shape index (κ1) is 17.0. The minimum atomic E-state index is -0.467. The van der Waals surface area contributed by atoms with Gasteiger partial charge in [-0.05, 0) is 25.9 Å². The lowest BCUT2D eigenvalue weighted by Gasteiger charge is -2.22. The minimum Gasteiger partial charge on any atom is -0.503 e. The van der Waals surface area contributed by atoms with Crippen LogP contribution >= 0.6 is 0 Å². The van der Waals surface area contributed by atoms with Gasteiger partial charge in [0.15, 0.2) is 5.75 Å². The fourth-order valence-electron chi connectivity index (χ4n) is 2.79.